The standard InChI is InChI=1S/C21H26N2/c1-15-11-17(12-16(2)22-15)7-8-18-13-19-5-3-9-23-10-4-6-20(14-18)21(19)23/h7-8,11-14,19,21H,3-6,9-10H2,1-2H3/b8-7+/t19?,21-/m0/s1. The minimum Gasteiger partial charge on any atom is -0.296 e. The molecular formula is C21H26N2. The highest BCUT2D eigenvalue weighted by molar-refractivity contribution is 5.57. The number of piperidine rings is 2. The summed E-state index contributed by atoms with van der Waals surface area (Å²) in [6.07, 6.45) is 14.8. The topological polar surface area (TPSA) is 16.1 Å². The lowest BCUT2D eigenvalue weighted by molar-refractivity contribution is 0.114. The van der Waals surface area contributed by atoms with E-state index in [1.54, 1.807) is 5.57 Å². The summed E-state index contributed by atoms with van der Waals surface area (Å²) in [6, 6.07) is 5.03. The predicted molar refractivity (Wildman–Crippen MR) is 96.2 cm³/mol. The van der Waals surface area contributed by atoms with Gasteiger partial charge in [0.25, 0.3) is 0 Å². The number of aryl methyl sites for hydroxylation is 2. The molecule has 3 aliphatic rings. The van der Waals surface area contributed by atoms with Crippen molar-refractivity contribution in [2.45, 2.75) is 45.6 Å². The van der Waals surface area contributed by atoms with Crippen molar-refractivity contribution in [2.24, 2.45) is 5.92 Å². The smallest absolute Gasteiger partial charge is 0.0381 e. The fourth-order valence-corrected chi connectivity index (χ4v) is 4.59. The van der Waals surface area contributed by atoms with Crippen LogP contribution in [0.4, 0.5) is 0 Å². The van der Waals surface area contributed by atoms with E-state index in [1.165, 1.54) is 49.9 Å². The van der Waals surface area contributed by atoms with E-state index in [4.69, 9.17) is 0 Å². The minimum atomic E-state index is 0.708. The lowest BCUT2D eigenvalue weighted by Crippen LogP contribution is -2.49. The molecular weight excluding hydrogens is 280 g/mol. The summed E-state index contributed by atoms with van der Waals surface area (Å²) in [4.78, 5) is 7.18. The zero-order valence-corrected chi connectivity index (χ0v) is 14.3. The van der Waals surface area contributed by atoms with Crippen LogP contribution in [-0.4, -0.2) is 29.0 Å². The molecule has 0 N–H and O–H groups in total. The molecule has 1 aliphatic carbocycles. The summed E-state index contributed by atoms with van der Waals surface area (Å²) >= 11 is 0. The van der Waals surface area contributed by atoms with Crippen molar-refractivity contribution in [2.75, 3.05) is 13.1 Å². The number of pyridine rings is 1. The van der Waals surface area contributed by atoms with E-state index >= 15 is 0 Å². The molecule has 2 saturated heterocycles. The van der Waals surface area contributed by atoms with Crippen LogP contribution in [0.15, 0.2) is 41.5 Å². The maximum Gasteiger partial charge on any atom is 0.0381 e. The van der Waals surface area contributed by atoms with Crippen molar-refractivity contribution in [1.82, 2.24) is 9.88 Å². The largest absolute Gasteiger partial charge is 0.296 e. The molecule has 120 valence electrons. The second kappa shape index (κ2) is 6.09. The van der Waals surface area contributed by atoms with Crippen LogP contribution in [0, 0.1) is 19.8 Å². The lowest BCUT2D eigenvalue weighted by Gasteiger charge is -2.46. The van der Waals surface area contributed by atoms with Crippen LogP contribution in [0.1, 0.15) is 42.6 Å². The van der Waals surface area contributed by atoms with Gasteiger partial charge in [-0.25, -0.2) is 0 Å². The molecule has 2 aliphatic heterocycles. The second-order valence-electron chi connectivity index (χ2n) is 7.29. The second-order valence-corrected chi connectivity index (χ2v) is 7.29. The molecule has 1 aromatic rings. The summed E-state index contributed by atoms with van der Waals surface area (Å²) in [7, 11) is 0. The highest BCUT2D eigenvalue weighted by Crippen LogP contribution is 2.39. The number of hydrogen-bond acceptors (Lipinski definition) is 2. The average molecular weight is 306 g/mol. The molecule has 2 nitrogen and oxygen atoms in total. The van der Waals surface area contributed by atoms with Crippen LogP contribution in [0.2, 0.25) is 0 Å². The quantitative estimate of drug-likeness (QED) is 0.802. The Kier molecular flexibility index (Phi) is 3.94. The van der Waals surface area contributed by atoms with E-state index in [-0.39, 0.29) is 0 Å². The Morgan fingerprint density at radius 3 is 2.70 bits per heavy atom. The molecule has 3 heterocycles. The van der Waals surface area contributed by atoms with E-state index in [9.17, 15) is 0 Å². The van der Waals surface area contributed by atoms with Gasteiger partial charge in [-0.1, -0.05) is 29.9 Å². The van der Waals surface area contributed by atoms with Gasteiger partial charge in [-0.2, -0.15) is 0 Å². The molecule has 4 rings (SSSR count). The van der Waals surface area contributed by atoms with Gasteiger partial charge in [-0.15, -0.1) is 0 Å². The molecule has 1 aromatic heterocycles. The van der Waals surface area contributed by atoms with Gasteiger partial charge in [0.2, 0.25) is 0 Å². The number of nitrogens with zero attached hydrogens (tertiary/aromatic N) is 2. The highest BCUT2D eigenvalue weighted by atomic mass is 15.2. The van der Waals surface area contributed by atoms with Crippen molar-refractivity contribution in [3.8, 4) is 0 Å². The van der Waals surface area contributed by atoms with Crippen LogP contribution in [0.5, 0.6) is 0 Å². The number of hydrogen-bond donors (Lipinski definition) is 0. The first-order chi connectivity index (χ1) is 11.2. The normalized spacial score (nSPS) is 27.6. The summed E-state index contributed by atoms with van der Waals surface area (Å²) < 4.78 is 0. The van der Waals surface area contributed by atoms with Crippen LogP contribution in [0.3, 0.4) is 0 Å². The van der Waals surface area contributed by atoms with Crippen LogP contribution >= 0.6 is 0 Å². The van der Waals surface area contributed by atoms with Crippen LogP contribution in [-0.2, 0) is 0 Å². The van der Waals surface area contributed by atoms with Gasteiger partial charge in [0.1, 0.15) is 0 Å². The first-order valence-electron chi connectivity index (χ1n) is 8.99. The Bertz CT molecular complexity index is 674. The molecule has 0 aromatic carbocycles. The molecule has 0 radical (unpaired) electrons. The minimum absolute atomic E-state index is 0.708. The molecule has 2 heteroatoms. The van der Waals surface area contributed by atoms with Gasteiger partial charge in [0, 0.05) is 17.4 Å². The molecule has 0 amide bonds. The summed E-state index contributed by atoms with van der Waals surface area (Å²) in [6.45, 7) is 6.73. The van der Waals surface area contributed by atoms with E-state index < -0.39 is 0 Å². The van der Waals surface area contributed by atoms with Gasteiger partial charge < -0.3 is 0 Å². The molecule has 1 unspecified atom stereocenters. The van der Waals surface area contributed by atoms with Gasteiger partial charge in [0.05, 0.1) is 0 Å². The van der Waals surface area contributed by atoms with E-state index in [1.807, 2.05) is 0 Å². The van der Waals surface area contributed by atoms with Gasteiger partial charge in [-0.3, -0.25) is 9.88 Å². The SMILES string of the molecule is Cc1cc(/C=C/C2=CC3CCCN4CCCC(=C2)[C@H]34)cc(C)n1. The first kappa shape index (κ1) is 14.9. The average Bonchev–Trinajstić information content (AvgIpc) is 2.53. The Labute approximate surface area is 139 Å². The zero-order chi connectivity index (χ0) is 15.8. The van der Waals surface area contributed by atoms with Crippen molar-refractivity contribution in [3.63, 3.8) is 0 Å². The Hall–Kier alpha value is -1.67. The van der Waals surface area contributed by atoms with Crippen molar-refractivity contribution in [3.05, 3.63) is 58.5 Å². The monoisotopic (exact) mass is 306 g/mol. The van der Waals surface area contributed by atoms with Crippen molar-refractivity contribution in [1.29, 1.82) is 0 Å². The fraction of sp³-hybridized carbons (Fsp3) is 0.476. The number of aromatic nitrogens is 1. The van der Waals surface area contributed by atoms with Gasteiger partial charge in [-0.05, 0) is 81.8 Å². The Morgan fingerprint density at radius 2 is 1.87 bits per heavy atom. The van der Waals surface area contributed by atoms with Crippen molar-refractivity contribution >= 4 is 6.08 Å². The molecule has 0 bridgehead atoms. The van der Waals surface area contributed by atoms with E-state index in [0.717, 1.165) is 17.3 Å². The first-order valence-corrected chi connectivity index (χ1v) is 8.99. The maximum atomic E-state index is 4.46. The molecule has 2 atom stereocenters. The molecule has 23 heavy (non-hydrogen) atoms. The third-order valence-corrected chi connectivity index (χ3v) is 5.40. The van der Waals surface area contributed by atoms with Gasteiger partial charge in [0.15, 0.2) is 0 Å². The van der Waals surface area contributed by atoms with E-state index in [0.29, 0.717) is 6.04 Å². The third-order valence-electron chi connectivity index (χ3n) is 5.40. The summed E-state index contributed by atoms with van der Waals surface area (Å²) in [5.74, 6) is 0.726. The molecule has 0 saturated carbocycles. The third kappa shape index (κ3) is 3.05. The number of allylic oxidation sites excluding steroid dienone is 3. The molecule has 0 spiro atoms. The van der Waals surface area contributed by atoms with Crippen LogP contribution in [0.25, 0.3) is 6.08 Å². The van der Waals surface area contributed by atoms with E-state index in [2.05, 4.69) is 60.2 Å². The Balaban J connectivity index is 1.59. The number of rotatable bonds is 2. The molecule has 2 fully saturated rings. The van der Waals surface area contributed by atoms with Crippen molar-refractivity contribution < 1.29 is 0 Å². The summed E-state index contributed by atoms with van der Waals surface area (Å²) in [5, 5.41) is 0. The zero-order valence-electron chi connectivity index (χ0n) is 14.3. The maximum absolute atomic E-state index is 4.46. The highest BCUT2D eigenvalue weighted by Gasteiger charge is 2.36. The summed E-state index contributed by atoms with van der Waals surface area (Å²) in [5.41, 5.74) is 6.51. The fourth-order valence-electron chi connectivity index (χ4n) is 4.59. The van der Waals surface area contributed by atoms with Gasteiger partial charge >= 0.3 is 0 Å². The Morgan fingerprint density at radius 1 is 1.09 bits per heavy atom. The predicted octanol–water partition coefficient (Wildman–Crippen LogP) is 4.45. The van der Waals surface area contributed by atoms with Crippen LogP contribution < -0.4 is 0 Å². The lowest BCUT2D eigenvalue weighted by atomic mass is 9.76.